The van der Waals surface area contributed by atoms with Gasteiger partial charge >= 0.3 is 0 Å². The van der Waals surface area contributed by atoms with Crippen LogP contribution >= 0.6 is 22.7 Å². The summed E-state index contributed by atoms with van der Waals surface area (Å²) in [6, 6.07) is 10.7. The molecule has 1 amide bonds. The molecule has 1 aliphatic heterocycles. The molecule has 0 spiro atoms. The molecule has 0 saturated carbocycles. The molecule has 1 aromatic carbocycles. The zero-order valence-corrected chi connectivity index (χ0v) is 12.4. The molecule has 3 heterocycles. The van der Waals surface area contributed by atoms with Crippen LogP contribution in [0.2, 0.25) is 0 Å². The number of amides is 1. The van der Waals surface area contributed by atoms with Gasteiger partial charge in [-0.15, -0.1) is 22.7 Å². The minimum atomic E-state index is 0.0659. The Morgan fingerprint density at radius 1 is 1.25 bits per heavy atom. The zero-order chi connectivity index (χ0) is 13.5. The molecule has 1 saturated heterocycles. The van der Waals surface area contributed by atoms with Gasteiger partial charge in [-0.1, -0.05) is 18.2 Å². The first-order valence-corrected chi connectivity index (χ1v) is 8.37. The summed E-state index contributed by atoms with van der Waals surface area (Å²) in [7, 11) is 0. The van der Waals surface area contributed by atoms with Crippen molar-refractivity contribution in [1.82, 2.24) is 10.6 Å². The topological polar surface area (TPSA) is 41.1 Å². The molecule has 1 atom stereocenters. The van der Waals surface area contributed by atoms with Crippen LogP contribution < -0.4 is 10.6 Å². The molecular weight excluding hydrogens is 288 g/mol. The van der Waals surface area contributed by atoms with E-state index >= 15 is 0 Å². The molecule has 4 rings (SSSR count). The van der Waals surface area contributed by atoms with E-state index in [0.717, 1.165) is 24.4 Å². The molecular formula is C15H14N2OS2. The van der Waals surface area contributed by atoms with Crippen LogP contribution in [0.5, 0.6) is 0 Å². The molecule has 1 unspecified atom stereocenters. The van der Waals surface area contributed by atoms with Gasteiger partial charge < -0.3 is 10.6 Å². The monoisotopic (exact) mass is 302 g/mol. The SMILES string of the molecule is O=C(NC1CCNC1)c1cc2sc3ccccc3c2s1. The van der Waals surface area contributed by atoms with E-state index in [-0.39, 0.29) is 11.9 Å². The zero-order valence-electron chi connectivity index (χ0n) is 10.8. The van der Waals surface area contributed by atoms with E-state index in [1.165, 1.54) is 19.5 Å². The Balaban J connectivity index is 1.68. The van der Waals surface area contributed by atoms with E-state index in [2.05, 4.69) is 34.9 Å². The van der Waals surface area contributed by atoms with E-state index in [9.17, 15) is 4.79 Å². The Morgan fingerprint density at radius 2 is 2.15 bits per heavy atom. The van der Waals surface area contributed by atoms with Gasteiger partial charge in [-0.3, -0.25) is 4.79 Å². The number of hydrogen-bond acceptors (Lipinski definition) is 4. The van der Waals surface area contributed by atoms with Gasteiger partial charge in [0.1, 0.15) is 0 Å². The lowest BCUT2D eigenvalue weighted by Crippen LogP contribution is -2.35. The fourth-order valence-corrected chi connectivity index (χ4v) is 5.07. The minimum absolute atomic E-state index is 0.0659. The van der Waals surface area contributed by atoms with Crippen LogP contribution in [0.1, 0.15) is 16.1 Å². The van der Waals surface area contributed by atoms with E-state index in [0.29, 0.717) is 0 Å². The molecule has 0 bridgehead atoms. The smallest absolute Gasteiger partial charge is 0.261 e. The van der Waals surface area contributed by atoms with E-state index < -0.39 is 0 Å². The summed E-state index contributed by atoms with van der Waals surface area (Å²) in [4.78, 5) is 13.1. The fraction of sp³-hybridized carbons (Fsp3) is 0.267. The third-order valence-electron chi connectivity index (χ3n) is 3.67. The average Bonchev–Trinajstić information content (AvgIpc) is 3.12. The van der Waals surface area contributed by atoms with Gasteiger partial charge in [0.25, 0.3) is 5.91 Å². The first-order valence-electron chi connectivity index (χ1n) is 6.74. The molecule has 3 aromatic rings. The molecule has 20 heavy (non-hydrogen) atoms. The molecule has 1 fully saturated rings. The predicted molar refractivity (Wildman–Crippen MR) is 85.9 cm³/mol. The summed E-state index contributed by atoms with van der Waals surface area (Å²) >= 11 is 3.36. The highest BCUT2D eigenvalue weighted by Crippen LogP contribution is 2.39. The maximum atomic E-state index is 12.3. The van der Waals surface area contributed by atoms with Crippen molar-refractivity contribution in [2.24, 2.45) is 0 Å². The van der Waals surface area contributed by atoms with Crippen molar-refractivity contribution in [2.45, 2.75) is 12.5 Å². The molecule has 102 valence electrons. The molecule has 0 aliphatic carbocycles. The van der Waals surface area contributed by atoms with Crippen LogP contribution in [-0.2, 0) is 0 Å². The van der Waals surface area contributed by atoms with Crippen molar-refractivity contribution in [3.63, 3.8) is 0 Å². The number of fused-ring (bicyclic) bond motifs is 3. The largest absolute Gasteiger partial charge is 0.347 e. The standard InChI is InChI=1S/C15H14N2OS2/c18-15(17-9-5-6-16-8-9)13-7-12-14(20-13)10-3-1-2-4-11(10)19-12/h1-4,7,9,16H,5-6,8H2,(H,17,18). The van der Waals surface area contributed by atoms with Gasteiger partial charge in [0.2, 0.25) is 0 Å². The van der Waals surface area contributed by atoms with Gasteiger partial charge in [0.15, 0.2) is 0 Å². The predicted octanol–water partition coefficient (Wildman–Crippen LogP) is 3.21. The van der Waals surface area contributed by atoms with Gasteiger partial charge in [0, 0.05) is 27.4 Å². The first-order chi connectivity index (χ1) is 9.81. The average molecular weight is 302 g/mol. The van der Waals surface area contributed by atoms with Crippen LogP contribution in [-0.4, -0.2) is 25.0 Å². The summed E-state index contributed by atoms with van der Waals surface area (Å²) in [5.74, 6) is 0.0659. The number of hydrogen-bond donors (Lipinski definition) is 2. The molecule has 0 radical (unpaired) electrons. The van der Waals surface area contributed by atoms with Crippen LogP contribution in [0.3, 0.4) is 0 Å². The van der Waals surface area contributed by atoms with Crippen molar-refractivity contribution in [3.05, 3.63) is 35.2 Å². The Hall–Kier alpha value is -1.43. The lowest BCUT2D eigenvalue weighted by molar-refractivity contribution is 0.0944. The second kappa shape index (κ2) is 4.84. The molecule has 1 aliphatic rings. The normalized spacial score (nSPS) is 18.9. The van der Waals surface area contributed by atoms with Gasteiger partial charge in [-0.25, -0.2) is 0 Å². The second-order valence-electron chi connectivity index (χ2n) is 5.07. The van der Waals surface area contributed by atoms with Crippen LogP contribution in [0.15, 0.2) is 30.3 Å². The first kappa shape index (κ1) is 12.3. The number of carbonyl (C=O) groups excluding carboxylic acids is 1. The number of thiophene rings is 2. The lowest BCUT2D eigenvalue weighted by Gasteiger charge is -2.09. The van der Waals surface area contributed by atoms with Crippen molar-refractivity contribution in [3.8, 4) is 0 Å². The summed E-state index contributed by atoms with van der Waals surface area (Å²) in [6.45, 7) is 1.88. The third kappa shape index (κ3) is 2.02. The Labute approximate surface area is 124 Å². The summed E-state index contributed by atoms with van der Waals surface area (Å²) in [5, 5.41) is 7.64. The summed E-state index contributed by atoms with van der Waals surface area (Å²) in [6.07, 6.45) is 1.02. The van der Waals surface area contributed by atoms with E-state index in [1.54, 1.807) is 22.7 Å². The second-order valence-corrected chi connectivity index (χ2v) is 7.20. The lowest BCUT2D eigenvalue weighted by atomic mass is 10.2. The minimum Gasteiger partial charge on any atom is -0.347 e. The van der Waals surface area contributed by atoms with E-state index in [1.807, 2.05) is 6.07 Å². The Bertz CT molecular complexity index is 783. The number of carbonyl (C=O) groups is 1. The van der Waals surface area contributed by atoms with Gasteiger partial charge in [-0.05, 0) is 25.1 Å². The number of rotatable bonds is 2. The Morgan fingerprint density at radius 3 is 3.00 bits per heavy atom. The van der Waals surface area contributed by atoms with Gasteiger partial charge in [-0.2, -0.15) is 0 Å². The number of benzene rings is 1. The highest BCUT2D eigenvalue weighted by Gasteiger charge is 2.19. The fourth-order valence-electron chi connectivity index (χ4n) is 2.65. The summed E-state index contributed by atoms with van der Waals surface area (Å²) < 4.78 is 3.74. The van der Waals surface area contributed by atoms with Crippen LogP contribution in [0, 0.1) is 0 Å². The van der Waals surface area contributed by atoms with E-state index in [4.69, 9.17) is 0 Å². The van der Waals surface area contributed by atoms with Crippen LogP contribution in [0.4, 0.5) is 0 Å². The van der Waals surface area contributed by atoms with Crippen LogP contribution in [0.25, 0.3) is 19.5 Å². The molecule has 5 heteroatoms. The van der Waals surface area contributed by atoms with Crippen molar-refractivity contribution < 1.29 is 4.79 Å². The third-order valence-corrected chi connectivity index (χ3v) is 6.08. The Kier molecular flexibility index (Phi) is 2.98. The molecule has 2 N–H and O–H groups in total. The number of nitrogens with one attached hydrogen (secondary N) is 2. The maximum absolute atomic E-state index is 12.3. The maximum Gasteiger partial charge on any atom is 0.261 e. The molecule has 2 aromatic heterocycles. The van der Waals surface area contributed by atoms with Crippen molar-refractivity contribution in [1.29, 1.82) is 0 Å². The highest BCUT2D eigenvalue weighted by molar-refractivity contribution is 7.33. The van der Waals surface area contributed by atoms with Crippen molar-refractivity contribution >= 4 is 48.1 Å². The molecule has 3 nitrogen and oxygen atoms in total. The van der Waals surface area contributed by atoms with Crippen molar-refractivity contribution in [2.75, 3.05) is 13.1 Å². The highest BCUT2D eigenvalue weighted by atomic mass is 32.1. The van der Waals surface area contributed by atoms with Gasteiger partial charge in [0.05, 0.1) is 9.58 Å². The summed E-state index contributed by atoms with van der Waals surface area (Å²) in [5.41, 5.74) is 0. The quantitative estimate of drug-likeness (QED) is 0.763.